The quantitative estimate of drug-likeness (QED) is 0.579. The second kappa shape index (κ2) is 9.16. The lowest BCUT2D eigenvalue weighted by atomic mass is 10.1. The second-order valence-electron chi connectivity index (χ2n) is 9.14. The molecule has 2 fully saturated rings. The highest BCUT2D eigenvalue weighted by atomic mass is 35.5. The number of fused-ring (bicyclic) bond motifs is 1. The minimum Gasteiger partial charge on any atom is -0.365 e. The number of hydrogen-bond acceptors (Lipinski definition) is 4. The first-order chi connectivity index (χ1) is 15.9. The van der Waals surface area contributed by atoms with Gasteiger partial charge in [-0.15, -0.1) is 0 Å². The molecule has 2 saturated heterocycles. The summed E-state index contributed by atoms with van der Waals surface area (Å²) in [7, 11) is 0. The number of halogens is 2. The van der Waals surface area contributed by atoms with Gasteiger partial charge in [-0.3, -0.25) is 4.79 Å². The maximum Gasteiger partial charge on any atom is 0.239 e. The summed E-state index contributed by atoms with van der Waals surface area (Å²) in [6, 6.07) is 12.3. The van der Waals surface area contributed by atoms with Gasteiger partial charge in [-0.2, -0.15) is 0 Å². The van der Waals surface area contributed by atoms with Gasteiger partial charge in [0.2, 0.25) is 5.91 Å². The molecule has 1 N–H and O–H groups in total. The molecule has 6 nitrogen and oxygen atoms in total. The normalized spacial score (nSPS) is 22.2. The molecule has 1 amide bonds. The van der Waals surface area contributed by atoms with E-state index < -0.39 is 0 Å². The first-order valence-electron chi connectivity index (χ1n) is 11.6. The Morgan fingerprint density at radius 3 is 2.76 bits per heavy atom. The van der Waals surface area contributed by atoms with E-state index in [1.165, 1.54) is 0 Å². The summed E-state index contributed by atoms with van der Waals surface area (Å²) in [6.45, 7) is 7.56. The molecule has 2 aliphatic rings. The van der Waals surface area contributed by atoms with Gasteiger partial charge in [-0.25, -0.2) is 4.98 Å². The van der Waals surface area contributed by atoms with E-state index in [1.807, 2.05) is 23.4 Å². The molecule has 0 unspecified atom stereocenters. The van der Waals surface area contributed by atoms with Gasteiger partial charge in [0.05, 0.1) is 29.4 Å². The first kappa shape index (κ1) is 22.5. The summed E-state index contributed by atoms with van der Waals surface area (Å²) in [4.78, 5) is 21.9. The number of nitrogens with one attached hydrogen (secondary N) is 1. The summed E-state index contributed by atoms with van der Waals surface area (Å²) in [5, 5.41) is 4.62. The van der Waals surface area contributed by atoms with Gasteiger partial charge in [-0.1, -0.05) is 29.3 Å². The number of piperazine rings is 1. The fourth-order valence-corrected chi connectivity index (χ4v) is 5.72. The van der Waals surface area contributed by atoms with Crippen molar-refractivity contribution in [1.82, 2.24) is 19.8 Å². The fraction of sp³-hybridized carbons (Fsp3) is 0.440. The molecular weight excluding hydrogens is 457 g/mol. The summed E-state index contributed by atoms with van der Waals surface area (Å²) in [5.41, 5.74) is 4.17. The maximum atomic E-state index is 12.8. The van der Waals surface area contributed by atoms with Crippen LogP contribution in [-0.2, 0) is 4.79 Å². The van der Waals surface area contributed by atoms with Crippen molar-refractivity contribution in [3.05, 3.63) is 58.3 Å². The van der Waals surface area contributed by atoms with Gasteiger partial charge in [0.15, 0.2) is 0 Å². The SMILES string of the molecule is C[C@@H]1CN(C(=O)[C@H]2CCCN2)CCN1c1ccc2ncn([C@H](C)c3ccc(Cl)cc3Cl)c2c1. The number of carbonyl (C=O) groups excluding carboxylic acids is 1. The highest BCUT2D eigenvalue weighted by Crippen LogP contribution is 2.32. The van der Waals surface area contributed by atoms with Crippen LogP contribution in [-0.4, -0.2) is 58.6 Å². The Kier molecular flexibility index (Phi) is 6.25. The summed E-state index contributed by atoms with van der Waals surface area (Å²) in [5.74, 6) is 0.251. The minimum atomic E-state index is -0.00405. The van der Waals surface area contributed by atoms with Crippen LogP contribution < -0.4 is 10.2 Å². The van der Waals surface area contributed by atoms with Crippen LogP contribution in [0.5, 0.6) is 0 Å². The zero-order valence-corrected chi connectivity index (χ0v) is 20.5. The molecule has 0 aliphatic carbocycles. The molecule has 174 valence electrons. The molecule has 8 heteroatoms. The molecular formula is C25H29Cl2N5O. The van der Waals surface area contributed by atoms with E-state index in [1.54, 1.807) is 6.07 Å². The Labute approximate surface area is 204 Å². The molecule has 2 aromatic carbocycles. The highest BCUT2D eigenvalue weighted by Gasteiger charge is 2.32. The molecule has 3 heterocycles. The third-order valence-electron chi connectivity index (χ3n) is 7.02. The standard InChI is InChI=1S/C25H29Cl2N5O/c1-16-14-30(25(33)23-4-3-9-28-23)10-11-31(16)19-6-8-22-24(13-19)32(15-29-22)17(2)20-7-5-18(26)12-21(20)27/h5-8,12-13,15-17,23,28H,3-4,9-11,14H2,1-2H3/t16-,17-,23-/m1/s1. The predicted molar refractivity (Wildman–Crippen MR) is 134 cm³/mol. The molecule has 2 aliphatic heterocycles. The highest BCUT2D eigenvalue weighted by molar-refractivity contribution is 6.35. The van der Waals surface area contributed by atoms with Crippen LogP contribution in [0.3, 0.4) is 0 Å². The number of nitrogens with zero attached hydrogens (tertiary/aromatic N) is 4. The van der Waals surface area contributed by atoms with Crippen LogP contribution in [0.1, 0.15) is 38.3 Å². The van der Waals surface area contributed by atoms with Crippen LogP contribution in [0.15, 0.2) is 42.7 Å². The third kappa shape index (κ3) is 4.32. The molecule has 0 saturated carbocycles. The van der Waals surface area contributed by atoms with Crippen molar-refractivity contribution in [2.75, 3.05) is 31.1 Å². The van der Waals surface area contributed by atoms with Crippen LogP contribution in [0, 0.1) is 0 Å². The number of anilines is 1. The Morgan fingerprint density at radius 1 is 1.18 bits per heavy atom. The van der Waals surface area contributed by atoms with Crippen molar-refractivity contribution in [3.8, 4) is 0 Å². The Morgan fingerprint density at radius 2 is 2.03 bits per heavy atom. The maximum absolute atomic E-state index is 12.8. The van der Waals surface area contributed by atoms with E-state index in [-0.39, 0.29) is 24.0 Å². The average molecular weight is 486 g/mol. The van der Waals surface area contributed by atoms with Crippen molar-refractivity contribution in [2.24, 2.45) is 0 Å². The van der Waals surface area contributed by atoms with Crippen molar-refractivity contribution >= 4 is 45.8 Å². The first-order valence-corrected chi connectivity index (χ1v) is 12.4. The molecule has 1 aromatic heterocycles. The monoisotopic (exact) mass is 485 g/mol. The number of benzene rings is 2. The fourth-order valence-electron chi connectivity index (χ4n) is 5.15. The Hall–Kier alpha value is -2.28. The number of imidazole rings is 1. The van der Waals surface area contributed by atoms with Gasteiger partial charge in [0.25, 0.3) is 0 Å². The smallest absolute Gasteiger partial charge is 0.239 e. The summed E-state index contributed by atoms with van der Waals surface area (Å²) >= 11 is 12.6. The lowest BCUT2D eigenvalue weighted by Gasteiger charge is -2.42. The summed E-state index contributed by atoms with van der Waals surface area (Å²) in [6.07, 6.45) is 3.90. The largest absolute Gasteiger partial charge is 0.365 e. The van der Waals surface area contributed by atoms with Gasteiger partial charge in [-0.05, 0) is 69.1 Å². The van der Waals surface area contributed by atoms with Crippen molar-refractivity contribution in [2.45, 2.75) is 44.8 Å². The summed E-state index contributed by atoms with van der Waals surface area (Å²) < 4.78 is 2.16. The van der Waals surface area contributed by atoms with E-state index >= 15 is 0 Å². The van der Waals surface area contributed by atoms with E-state index in [9.17, 15) is 4.79 Å². The van der Waals surface area contributed by atoms with Gasteiger partial charge in [0.1, 0.15) is 0 Å². The average Bonchev–Trinajstić information content (AvgIpc) is 3.48. The number of amides is 1. The van der Waals surface area contributed by atoms with E-state index in [4.69, 9.17) is 23.2 Å². The Balaban J connectivity index is 1.38. The molecule has 3 atom stereocenters. The van der Waals surface area contributed by atoms with Crippen molar-refractivity contribution < 1.29 is 4.79 Å². The zero-order chi connectivity index (χ0) is 23.1. The van der Waals surface area contributed by atoms with Crippen LogP contribution in [0.2, 0.25) is 10.0 Å². The molecule has 0 spiro atoms. The Bertz CT molecular complexity index is 1170. The number of hydrogen-bond donors (Lipinski definition) is 1. The van der Waals surface area contributed by atoms with Crippen molar-refractivity contribution in [1.29, 1.82) is 0 Å². The van der Waals surface area contributed by atoms with Crippen LogP contribution >= 0.6 is 23.2 Å². The van der Waals surface area contributed by atoms with E-state index in [2.05, 4.69) is 51.8 Å². The predicted octanol–water partition coefficient (Wildman–Crippen LogP) is 4.74. The molecule has 3 aromatic rings. The van der Waals surface area contributed by atoms with E-state index in [0.29, 0.717) is 10.0 Å². The second-order valence-corrected chi connectivity index (χ2v) is 9.99. The molecule has 5 rings (SSSR count). The lowest BCUT2D eigenvalue weighted by Crippen LogP contribution is -2.56. The lowest BCUT2D eigenvalue weighted by molar-refractivity contribution is -0.133. The van der Waals surface area contributed by atoms with E-state index in [0.717, 1.165) is 61.3 Å². The van der Waals surface area contributed by atoms with Gasteiger partial charge < -0.3 is 19.7 Å². The van der Waals surface area contributed by atoms with Crippen molar-refractivity contribution in [3.63, 3.8) is 0 Å². The molecule has 33 heavy (non-hydrogen) atoms. The number of carbonyl (C=O) groups is 1. The number of rotatable bonds is 4. The van der Waals surface area contributed by atoms with Gasteiger partial charge in [0, 0.05) is 41.4 Å². The van der Waals surface area contributed by atoms with Gasteiger partial charge >= 0.3 is 0 Å². The molecule has 0 bridgehead atoms. The zero-order valence-electron chi connectivity index (χ0n) is 19.0. The third-order valence-corrected chi connectivity index (χ3v) is 7.58. The van der Waals surface area contributed by atoms with Crippen LogP contribution in [0.25, 0.3) is 11.0 Å². The minimum absolute atomic E-state index is 0.00405. The number of aromatic nitrogens is 2. The molecule has 0 radical (unpaired) electrons. The topological polar surface area (TPSA) is 53.4 Å². The van der Waals surface area contributed by atoms with Crippen LogP contribution in [0.4, 0.5) is 5.69 Å².